The molecule has 0 aromatic rings. The molecule has 0 amide bonds. The van der Waals surface area contributed by atoms with E-state index >= 15 is 0 Å². The van der Waals surface area contributed by atoms with Crippen molar-refractivity contribution in [2.75, 3.05) is 53.4 Å². The van der Waals surface area contributed by atoms with Crippen LogP contribution in [0.1, 0.15) is 46.0 Å². The number of nitrogens with one attached hydrogen (secondary N) is 1. The largest absolute Gasteiger partial charge is 0.315 e. The first-order valence-corrected chi connectivity index (χ1v) is 7.78. The summed E-state index contributed by atoms with van der Waals surface area (Å²) in [6.45, 7) is 11.6. The van der Waals surface area contributed by atoms with Gasteiger partial charge in [-0.15, -0.1) is 0 Å². The molecule has 110 valence electrons. The van der Waals surface area contributed by atoms with E-state index in [0.29, 0.717) is 0 Å². The van der Waals surface area contributed by atoms with Crippen LogP contribution >= 0.6 is 0 Å². The van der Waals surface area contributed by atoms with Gasteiger partial charge in [-0.2, -0.15) is 0 Å². The Balaban J connectivity index is 3.33. The van der Waals surface area contributed by atoms with Crippen molar-refractivity contribution < 1.29 is 0 Å². The van der Waals surface area contributed by atoms with Crippen molar-refractivity contribution in [3.8, 4) is 0 Å². The molecule has 0 saturated carbocycles. The summed E-state index contributed by atoms with van der Waals surface area (Å²) in [5.74, 6) is 0. The molecule has 0 rings (SSSR count). The maximum Gasteiger partial charge on any atom is 0.0107 e. The van der Waals surface area contributed by atoms with E-state index in [0.717, 1.165) is 6.54 Å². The molecule has 0 radical (unpaired) electrons. The van der Waals surface area contributed by atoms with E-state index in [1.165, 1.54) is 64.8 Å². The van der Waals surface area contributed by atoms with Gasteiger partial charge in [-0.05, 0) is 53.1 Å². The van der Waals surface area contributed by atoms with Crippen LogP contribution in [-0.2, 0) is 0 Å². The van der Waals surface area contributed by atoms with E-state index in [2.05, 4.69) is 43.1 Å². The lowest BCUT2D eigenvalue weighted by atomic mass is 10.2. The lowest BCUT2D eigenvalue weighted by molar-refractivity contribution is 0.266. The molecule has 3 nitrogen and oxygen atoms in total. The van der Waals surface area contributed by atoms with Crippen LogP contribution in [0.4, 0.5) is 0 Å². The van der Waals surface area contributed by atoms with Gasteiger partial charge in [-0.1, -0.05) is 33.1 Å². The molecule has 0 aromatic carbocycles. The van der Waals surface area contributed by atoms with Crippen molar-refractivity contribution in [2.24, 2.45) is 0 Å². The third-order valence-corrected chi connectivity index (χ3v) is 3.34. The van der Waals surface area contributed by atoms with Crippen molar-refractivity contribution in [1.82, 2.24) is 15.1 Å². The van der Waals surface area contributed by atoms with Gasteiger partial charge in [0.05, 0.1) is 0 Å². The van der Waals surface area contributed by atoms with Crippen molar-refractivity contribution >= 4 is 0 Å². The first kappa shape index (κ1) is 17.9. The molecule has 3 heteroatoms. The summed E-state index contributed by atoms with van der Waals surface area (Å²) < 4.78 is 0. The Bertz CT molecular complexity index is 160. The second kappa shape index (κ2) is 13.3. The number of rotatable bonds is 13. The van der Waals surface area contributed by atoms with Gasteiger partial charge < -0.3 is 15.1 Å². The molecule has 0 aliphatic rings. The maximum atomic E-state index is 3.56. The van der Waals surface area contributed by atoms with E-state index in [1.807, 2.05) is 0 Å². The first-order valence-electron chi connectivity index (χ1n) is 7.78. The minimum absolute atomic E-state index is 1.14. The minimum atomic E-state index is 1.14. The Morgan fingerprint density at radius 3 is 2.17 bits per heavy atom. The van der Waals surface area contributed by atoms with Gasteiger partial charge in [0.1, 0.15) is 0 Å². The number of hydrogen-bond donors (Lipinski definition) is 1. The Morgan fingerprint density at radius 2 is 1.56 bits per heavy atom. The van der Waals surface area contributed by atoms with Crippen molar-refractivity contribution in [3.63, 3.8) is 0 Å². The number of hydrogen-bond acceptors (Lipinski definition) is 3. The summed E-state index contributed by atoms with van der Waals surface area (Å²) in [6.07, 6.45) is 6.70. The highest BCUT2D eigenvalue weighted by Crippen LogP contribution is 1.97. The Kier molecular flexibility index (Phi) is 13.2. The van der Waals surface area contributed by atoms with Crippen molar-refractivity contribution in [1.29, 1.82) is 0 Å². The normalized spacial score (nSPS) is 11.7. The second-order valence-corrected chi connectivity index (χ2v) is 5.40. The highest BCUT2D eigenvalue weighted by atomic mass is 15.1. The zero-order chi connectivity index (χ0) is 13.6. The van der Waals surface area contributed by atoms with Crippen LogP contribution in [0.25, 0.3) is 0 Å². The van der Waals surface area contributed by atoms with E-state index in [9.17, 15) is 0 Å². The van der Waals surface area contributed by atoms with Crippen LogP contribution < -0.4 is 5.32 Å². The zero-order valence-corrected chi connectivity index (χ0v) is 13.2. The summed E-state index contributed by atoms with van der Waals surface area (Å²) in [7, 11) is 4.29. The SMILES string of the molecule is CCCCCCNCCN(CC)CCCN(C)C. The molecule has 0 aliphatic carbocycles. The Morgan fingerprint density at radius 1 is 0.778 bits per heavy atom. The smallest absolute Gasteiger partial charge is 0.0107 e. The summed E-state index contributed by atoms with van der Waals surface area (Å²) in [5, 5.41) is 3.56. The fraction of sp³-hybridized carbons (Fsp3) is 1.00. The lowest BCUT2D eigenvalue weighted by Crippen LogP contribution is -2.34. The molecule has 0 unspecified atom stereocenters. The van der Waals surface area contributed by atoms with E-state index in [1.54, 1.807) is 0 Å². The molecular formula is C15H35N3. The predicted molar refractivity (Wildman–Crippen MR) is 82.3 cm³/mol. The number of unbranched alkanes of at least 4 members (excludes halogenated alkanes) is 3. The number of nitrogens with zero attached hydrogens (tertiary/aromatic N) is 2. The van der Waals surface area contributed by atoms with Gasteiger partial charge in [-0.3, -0.25) is 0 Å². The second-order valence-electron chi connectivity index (χ2n) is 5.40. The summed E-state index contributed by atoms with van der Waals surface area (Å²) in [5.41, 5.74) is 0. The Hall–Kier alpha value is -0.120. The zero-order valence-electron chi connectivity index (χ0n) is 13.2. The van der Waals surface area contributed by atoms with Crippen LogP contribution in [0.3, 0.4) is 0 Å². The van der Waals surface area contributed by atoms with E-state index < -0.39 is 0 Å². The molecule has 0 saturated heterocycles. The highest BCUT2D eigenvalue weighted by Gasteiger charge is 2.01. The van der Waals surface area contributed by atoms with Crippen LogP contribution in [0.15, 0.2) is 0 Å². The molecule has 0 atom stereocenters. The molecule has 0 heterocycles. The third-order valence-electron chi connectivity index (χ3n) is 3.34. The standard InChI is InChI=1S/C15H35N3/c1-5-7-8-9-11-16-12-15-18(6-2)14-10-13-17(3)4/h16H,5-15H2,1-4H3. The topological polar surface area (TPSA) is 18.5 Å². The molecule has 1 N–H and O–H groups in total. The number of likely N-dealkylation sites (N-methyl/N-ethyl adjacent to an activating group) is 1. The molecular weight excluding hydrogens is 222 g/mol. The van der Waals surface area contributed by atoms with Gasteiger partial charge in [0.2, 0.25) is 0 Å². The monoisotopic (exact) mass is 257 g/mol. The Labute approximate surface area is 115 Å². The van der Waals surface area contributed by atoms with Gasteiger partial charge in [0.25, 0.3) is 0 Å². The van der Waals surface area contributed by atoms with Gasteiger partial charge >= 0.3 is 0 Å². The maximum absolute atomic E-state index is 3.56. The molecule has 0 fully saturated rings. The fourth-order valence-corrected chi connectivity index (χ4v) is 2.08. The molecule has 0 bridgehead atoms. The van der Waals surface area contributed by atoms with Crippen molar-refractivity contribution in [3.05, 3.63) is 0 Å². The molecule has 0 aliphatic heterocycles. The molecule has 0 aromatic heterocycles. The average Bonchev–Trinajstić information content (AvgIpc) is 2.35. The third kappa shape index (κ3) is 12.3. The summed E-state index contributed by atoms with van der Waals surface area (Å²) in [6, 6.07) is 0. The highest BCUT2D eigenvalue weighted by molar-refractivity contribution is 4.59. The van der Waals surface area contributed by atoms with Gasteiger partial charge in [0, 0.05) is 13.1 Å². The van der Waals surface area contributed by atoms with Crippen LogP contribution in [-0.4, -0.2) is 63.2 Å². The van der Waals surface area contributed by atoms with Crippen molar-refractivity contribution in [2.45, 2.75) is 46.0 Å². The average molecular weight is 257 g/mol. The van der Waals surface area contributed by atoms with Crippen LogP contribution in [0.5, 0.6) is 0 Å². The summed E-state index contributed by atoms with van der Waals surface area (Å²) in [4.78, 5) is 4.81. The molecule has 18 heavy (non-hydrogen) atoms. The fourth-order valence-electron chi connectivity index (χ4n) is 2.08. The lowest BCUT2D eigenvalue weighted by Gasteiger charge is -2.21. The minimum Gasteiger partial charge on any atom is -0.315 e. The van der Waals surface area contributed by atoms with E-state index in [4.69, 9.17) is 0 Å². The van der Waals surface area contributed by atoms with Crippen LogP contribution in [0.2, 0.25) is 0 Å². The first-order chi connectivity index (χ1) is 8.70. The summed E-state index contributed by atoms with van der Waals surface area (Å²) >= 11 is 0. The molecule has 0 spiro atoms. The van der Waals surface area contributed by atoms with Gasteiger partial charge in [-0.25, -0.2) is 0 Å². The van der Waals surface area contributed by atoms with Crippen LogP contribution in [0, 0.1) is 0 Å². The van der Waals surface area contributed by atoms with Gasteiger partial charge in [0.15, 0.2) is 0 Å². The predicted octanol–water partition coefficient (Wildman–Crippen LogP) is 2.43. The van der Waals surface area contributed by atoms with E-state index in [-0.39, 0.29) is 0 Å². The quantitative estimate of drug-likeness (QED) is 0.511.